The second-order valence-corrected chi connectivity index (χ2v) is 11.9. The number of nitrogens with one attached hydrogen (secondary N) is 1. The number of halogens is 5. The van der Waals surface area contributed by atoms with Crippen LogP contribution in [0.15, 0.2) is 47.4 Å². The maximum Gasteiger partial charge on any atom is 0.501 e. The topological polar surface area (TPSA) is 83.5 Å². The van der Waals surface area contributed by atoms with Crippen molar-refractivity contribution in [1.82, 2.24) is 0 Å². The van der Waals surface area contributed by atoms with Gasteiger partial charge in [-0.2, -0.15) is 13.2 Å². The largest absolute Gasteiger partial charge is 0.507 e. The van der Waals surface area contributed by atoms with E-state index in [2.05, 4.69) is 5.32 Å². The normalized spacial score (nSPS) is 12.5. The van der Waals surface area contributed by atoms with E-state index in [1.807, 2.05) is 20.8 Å². The summed E-state index contributed by atoms with van der Waals surface area (Å²) in [6.07, 6.45) is 0. The van der Waals surface area contributed by atoms with Gasteiger partial charge in [0.2, 0.25) is 0 Å². The van der Waals surface area contributed by atoms with Gasteiger partial charge in [-0.05, 0) is 77.9 Å². The van der Waals surface area contributed by atoms with E-state index in [0.717, 1.165) is 6.07 Å². The number of carbonyl (C=O) groups excluding carboxylic acids is 1. The number of rotatable bonds is 4. The maximum atomic E-state index is 13.9. The van der Waals surface area contributed by atoms with Gasteiger partial charge in [0.1, 0.15) is 11.6 Å². The number of hydrogen-bond acceptors (Lipinski definition) is 4. The highest BCUT2D eigenvalue weighted by Gasteiger charge is 2.47. The van der Waals surface area contributed by atoms with Gasteiger partial charge in [0.15, 0.2) is 0 Å². The Labute approximate surface area is 217 Å². The molecule has 0 aliphatic carbocycles. The molecule has 0 saturated heterocycles. The fourth-order valence-electron chi connectivity index (χ4n) is 3.81. The van der Waals surface area contributed by atoms with Crippen molar-refractivity contribution in [2.24, 2.45) is 0 Å². The first-order chi connectivity index (χ1) is 16.9. The zero-order valence-electron chi connectivity index (χ0n) is 20.5. The molecule has 0 fully saturated rings. The number of sulfone groups is 1. The number of hydrogen-bond donors (Lipinski definition) is 2. The number of benzene rings is 3. The summed E-state index contributed by atoms with van der Waals surface area (Å²) < 4.78 is 75.9. The van der Waals surface area contributed by atoms with Crippen LogP contribution in [-0.4, -0.2) is 24.9 Å². The lowest BCUT2D eigenvalue weighted by Crippen LogP contribution is -2.23. The molecule has 0 aliphatic rings. The summed E-state index contributed by atoms with van der Waals surface area (Å²) >= 11 is 6.02. The van der Waals surface area contributed by atoms with E-state index < -0.39 is 42.4 Å². The molecule has 0 aliphatic heterocycles. The fraction of sp³-hybridized carbons (Fsp3) is 0.269. The van der Waals surface area contributed by atoms with Crippen LogP contribution >= 0.6 is 11.6 Å². The van der Waals surface area contributed by atoms with Crippen LogP contribution in [0.4, 0.5) is 23.2 Å². The lowest BCUT2D eigenvalue weighted by Gasteiger charge is -2.25. The van der Waals surface area contributed by atoms with Gasteiger partial charge in [-0.15, -0.1) is 0 Å². The van der Waals surface area contributed by atoms with Gasteiger partial charge in [0.05, 0.1) is 21.2 Å². The van der Waals surface area contributed by atoms with Crippen molar-refractivity contribution < 1.29 is 35.9 Å². The van der Waals surface area contributed by atoms with Crippen LogP contribution in [0.1, 0.15) is 47.8 Å². The highest BCUT2D eigenvalue weighted by Crippen LogP contribution is 2.41. The first-order valence-electron chi connectivity index (χ1n) is 10.9. The SMILES string of the molecule is Cc1cc(-c2cc(C(C)(C)C)c(O)c(C(=O)Nc3ccc(S(=O)(=O)C(F)(F)F)cc3Cl)c2C)ccc1F. The van der Waals surface area contributed by atoms with Crippen LogP contribution in [0.25, 0.3) is 11.1 Å². The molecule has 3 aromatic carbocycles. The minimum atomic E-state index is -5.64. The lowest BCUT2D eigenvalue weighted by atomic mass is 9.81. The van der Waals surface area contributed by atoms with Gasteiger partial charge < -0.3 is 10.4 Å². The number of phenolic OH excluding ortho intramolecular Hbond substituents is 1. The summed E-state index contributed by atoms with van der Waals surface area (Å²) in [6.45, 7) is 8.67. The molecule has 3 aromatic rings. The molecule has 11 heteroatoms. The van der Waals surface area contributed by atoms with E-state index in [9.17, 15) is 35.9 Å². The molecule has 0 aromatic heterocycles. The van der Waals surface area contributed by atoms with Crippen molar-refractivity contribution >= 4 is 33.0 Å². The molecule has 0 spiro atoms. The van der Waals surface area contributed by atoms with Crippen LogP contribution in [0, 0.1) is 19.7 Å². The van der Waals surface area contributed by atoms with Crippen molar-refractivity contribution in [3.05, 3.63) is 75.6 Å². The Hall–Kier alpha value is -3.11. The van der Waals surface area contributed by atoms with Gasteiger partial charge in [-0.1, -0.05) is 38.4 Å². The molecule has 3 rings (SSSR count). The summed E-state index contributed by atoms with van der Waals surface area (Å²) in [6, 6.07) is 8.37. The maximum absolute atomic E-state index is 13.9. The third-order valence-corrected chi connectivity index (χ3v) is 7.66. The molecular formula is C26H24ClF4NO4S. The third-order valence-electron chi connectivity index (χ3n) is 5.87. The lowest BCUT2D eigenvalue weighted by molar-refractivity contribution is -0.0436. The van der Waals surface area contributed by atoms with Crippen molar-refractivity contribution in [3.63, 3.8) is 0 Å². The van der Waals surface area contributed by atoms with Crippen molar-refractivity contribution in [2.75, 3.05) is 5.32 Å². The Bertz CT molecular complexity index is 1510. The van der Waals surface area contributed by atoms with E-state index in [0.29, 0.717) is 39.9 Å². The molecule has 0 heterocycles. The van der Waals surface area contributed by atoms with Gasteiger partial charge >= 0.3 is 5.51 Å². The van der Waals surface area contributed by atoms with E-state index in [-0.39, 0.29) is 17.0 Å². The van der Waals surface area contributed by atoms with Crippen LogP contribution in [0.5, 0.6) is 5.75 Å². The highest BCUT2D eigenvalue weighted by molar-refractivity contribution is 7.92. The fourth-order valence-corrected chi connectivity index (χ4v) is 4.89. The molecule has 0 saturated carbocycles. The molecular weight excluding hydrogens is 534 g/mol. The third kappa shape index (κ3) is 5.45. The monoisotopic (exact) mass is 557 g/mol. The standard InChI is InChI=1S/C26H24ClF4NO4S/c1-13-10-15(6-8-20(13)28)17-12-18(25(3,4)5)23(33)22(14(17)2)24(34)32-21-9-7-16(11-19(21)27)37(35,36)26(29,30)31/h6-12,33H,1-5H3,(H,32,34). The van der Waals surface area contributed by atoms with Crippen LogP contribution < -0.4 is 5.32 Å². The number of alkyl halides is 3. The van der Waals surface area contributed by atoms with E-state index in [1.54, 1.807) is 32.0 Å². The van der Waals surface area contributed by atoms with Gasteiger partial charge in [-0.3, -0.25) is 4.79 Å². The molecule has 0 radical (unpaired) electrons. The minimum Gasteiger partial charge on any atom is -0.507 e. The summed E-state index contributed by atoms with van der Waals surface area (Å²) in [5, 5.41) is 13.1. The average molecular weight is 558 g/mol. The summed E-state index contributed by atoms with van der Waals surface area (Å²) in [5.74, 6) is -1.54. The van der Waals surface area contributed by atoms with Crippen molar-refractivity contribution in [3.8, 4) is 16.9 Å². The van der Waals surface area contributed by atoms with E-state index >= 15 is 0 Å². The molecule has 37 heavy (non-hydrogen) atoms. The first kappa shape index (κ1) is 28.5. The number of aromatic hydroxyl groups is 1. The van der Waals surface area contributed by atoms with Crippen LogP contribution in [-0.2, 0) is 15.3 Å². The number of carbonyl (C=O) groups is 1. The second-order valence-electron chi connectivity index (χ2n) is 9.58. The smallest absolute Gasteiger partial charge is 0.501 e. The Morgan fingerprint density at radius 1 is 1.00 bits per heavy atom. The Morgan fingerprint density at radius 2 is 1.62 bits per heavy atom. The number of anilines is 1. The van der Waals surface area contributed by atoms with Gasteiger partial charge in [-0.25, -0.2) is 12.8 Å². The Morgan fingerprint density at radius 3 is 2.14 bits per heavy atom. The minimum absolute atomic E-state index is 0.118. The second kappa shape index (κ2) is 9.64. The summed E-state index contributed by atoms with van der Waals surface area (Å²) in [5.41, 5.74) is -4.06. The summed E-state index contributed by atoms with van der Waals surface area (Å²) in [4.78, 5) is 12.3. The molecule has 0 atom stereocenters. The highest BCUT2D eigenvalue weighted by atomic mass is 35.5. The number of amides is 1. The predicted molar refractivity (Wildman–Crippen MR) is 134 cm³/mol. The van der Waals surface area contributed by atoms with Crippen LogP contribution in [0.3, 0.4) is 0 Å². The predicted octanol–water partition coefficient (Wildman–Crippen LogP) is 7.31. The molecule has 198 valence electrons. The zero-order valence-corrected chi connectivity index (χ0v) is 22.1. The average Bonchev–Trinajstić information content (AvgIpc) is 2.75. The van der Waals surface area contributed by atoms with Crippen molar-refractivity contribution in [1.29, 1.82) is 0 Å². The Balaban J connectivity index is 2.13. The van der Waals surface area contributed by atoms with Gasteiger partial charge in [0, 0.05) is 5.56 Å². The molecule has 5 nitrogen and oxygen atoms in total. The Kier molecular flexibility index (Phi) is 7.42. The van der Waals surface area contributed by atoms with Gasteiger partial charge in [0.25, 0.3) is 15.7 Å². The molecule has 1 amide bonds. The molecule has 2 N–H and O–H groups in total. The van der Waals surface area contributed by atoms with Crippen molar-refractivity contribution in [2.45, 2.75) is 50.4 Å². The van der Waals surface area contributed by atoms with Crippen LogP contribution in [0.2, 0.25) is 5.02 Å². The molecule has 0 unspecified atom stereocenters. The zero-order chi connectivity index (χ0) is 28.1. The quantitative estimate of drug-likeness (QED) is 0.329. The number of phenols is 1. The van der Waals surface area contributed by atoms with E-state index in [1.165, 1.54) is 6.07 Å². The number of aryl methyl sites for hydroxylation is 1. The van der Waals surface area contributed by atoms with E-state index in [4.69, 9.17) is 11.6 Å². The summed E-state index contributed by atoms with van der Waals surface area (Å²) in [7, 11) is -5.64. The molecule has 0 bridgehead atoms. The first-order valence-corrected chi connectivity index (χ1v) is 12.8.